The molecule has 0 N–H and O–H groups in total. The van der Waals surface area contributed by atoms with Crippen LogP contribution in [0.1, 0.15) is 31.2 Å². The summed E-state index contributed by atoms with van der Waals surface area (Å²) in [4.78, 5) is 0. The van der Waals surface area contributed by atoms with E-state index in [1.165, 1.54) is 18.4 Å². The van der Waals surface area contributed by atoms with E-state index in [4.69, 9.17) is 0 Å². The van der Waals surface area contributed by atoms with Crippen molar-refractivity contribution in [2.45, 2.75) is 25.7 Å². The molecule has 0 saturated heterocycles. The standard InChI is InChI=1S/C15H18/c1-13(15-11-7-4-8-12-15)14-9-5-2-3-6-10-14/h4-14H,2-3H2,1H3. The van der Waals surface area contributed by atoms with Gasteiger partial charge in [-0.15, -0.1) is 0 Å². The molecule has 0 amide bonds. The topological polar surface area (TPSA) is 0 Å². The van der Waals surface area contributed by atoms with Crippen LogP contribution in [0.4, 0.5) is 0 Å². The third-order valence-corrected chi connectivity index (χ3v) is 3.12. The highest BCUT2D eigenvalue weighted by molar-refractivity contribution is 5.23. The first-order chi connectivity index (χ1) is 7.38. The maximum atomic E-state index is 2.35. The second-order valence-electron chi connectivity index (χ2n) is 4.21. The quantitative estimate of drug-likeness (QED) is 0.621. The zero-order valence-corrected chi connectivity index (χ0v) is 9.27. The summed E-state index contributed by atoms with van der Waals surface area (Å²) in [6, 6.07) is 10.8. The van der Waals surface area contributed by atoms with Gasteiger partial charge >= 0.3 is 0 Å². The number of rotatable bonds is 2. The van der Waals surface area contributed by atoms with Crippen molar-refractivity contribution in [3.63, 3.8) is 0 Å². The first kappa shape index (κ1) is 10.2. The molecule has 15 heavy (non-hydrogen) atoms. The Kier molecular flexibility index (Phi) is 3.39. The molecule has 0 bridgehead atoms. The maximum absolute atomic E-state index is 2.35. The molecular formula is C15H18. The molecule has 0 fully saturated rings. The van der Waals surface area contributed by atoms with Crippen molar-refractivity contribution >= 4 is 0 Å². The lowest BCUT2D eigenvalue weighted by atomic mass is 9.87. The van der Waals surface area contributed by atoms with Gasteiger partial charge in [-0.25, -0.2) is 0 Å². The van der Waals surface area contributed by atoms with Crippen LogP contribution in [0.5, 0.6) is 0 Å². The molecule has 1 unspecified atom stereocenters. The lowest BCUT2D eigenvalue weighted by Gasteiger charge is -2.17. The highest BCUT2D eigenvalue weighted by Crippen LogP contribution is 2.27. The number of allylic oxidation sites excluding steroid dienone is 4. The van der Waals surface area contributed by atoms with E-state index in [1.54, 1.807) is 0 Å². The largest absolute Gasteiger partial charge is 0.0876 e. The van der Waals surface area contributed by atoms with Crippen LogP contribution >= 0.6 is 0 Å². The molecule has 0 nitrogen and oxygen atoms in total. The van der Waals surface area contributed by atoms with Crippen LogP contribution in [0.3, 0.4) is 0 Å². The van der Waals surface area contributed by atoms with E-state index in [1.807, 2.05) is 0 Å². The summed E-state index contributed by atoms with van der Waals surface area (Å²) < 4.78 is 0. The normalized spacial score (nSPS) is 18.7. The monoisotopic (exact) mass is 198 g/mol. The lowest BCUT2D eigenvalue weighted by Crippen LogP contribution is -2.04. The summed E-state index contributed by atoms with van der Waals surface area (Å²) in [5.41, 5.74) is 1.43. The highest BCUT2D eigenvalue weighted by Gasteiger charge is 2.13. The minimum absolute atomic E-state index is 0.565. The van der Waals surface area contributed by atoms with E-state index >= 15 is 0 Å². The number of benzene rings is 1. The fraction of sp³-hybridized carbons (Fsp3) is 0.333. The van der Waals surface area contributed by atoms with Crippen molar-refractivity contribution in [3.05, 3.63) is 60.2 Å². The molecule has 0 aromatic heterocycles. The van der Waals surface area contributed by atoms with Crippen LogP contribution in [0.15, 0.2) is 54.6 Å². The van der Waals surface area contributed by atoms with Gasteiger partial charge in [0.15, 0.2) is 0 Å². The van der Waals surface area contributed by atoms with E-state index in [-0.39, 0.29) is 0 Å². The van der Waals surface area contributed by atoms with E-state index in [0.29, 0.717) is 11.8 Å². The average Bonchev–Trinajstić information content (AvgIpc) is 2.58. The van der Waals surface area contributed by atoms with Crippen LogP contribution in [0, 0.1) is 5.92 Å². The molecule has 78 valence electrons. The molecule has 1 aromatic carbocycles. The molecule has 1 aliphatic rings. The van der Waals surface area contributed by atoms with Crippen molar-refractivity contribution in [1.82, 2.24) is 0 Å². The first-order valence-corrected chi connectivity index (χ1v) is 5.76. The Labute approximate surface area is 92.3 Å². The van der Waals surface area contributed by atoms with Crippen LogP contribution in [-0.2, 0) is 0 Å². The predicted octanol–water partition coefficient (Wildman–Crippen LogP) is 4.31. The average molecular weight is 198 g/mol. The van der Waals surface area contributed by atoms with Gasteiger partial charge in [0.25, 0.3) is 0 Å². The molecular weight excluding hydrogens is 180 g/mol. The van der Waals surface area contributed by atoms with Crippen LogP contribution < -0.4 is 0 Å². The van der Waals surface area contributed by atoms with Gasteiger partial charge in [-0.3, -0.25) is 0 Å². The second kappa shape index (κ2) is 4.97. The van der Waals surface area contributed by atoms with Gasteiger partial charge in [-0.05, 0) is 24.3 Å². The van der Waals surface area contributed by atoms with E-state index < -0.39 is 0 Å². The fourth-order valence-corrected chi connectivity index (χ4v) is 2.08. The van der Waals surface area contributed by atoms with Crippen molar-refractivity contribution in [2.75, 3.05) is 0 Å². The molecule has 1 aromatic rings. The Morgan fingerprint density at radius 1 is 1.00 bits per heavy atom. The fourth-order valence-electron chi connectivity index (χ4n) is 2.08. The Bertz CT molecular complexity index is 332. The molecule has 0 radical (unpaired) electrons. The smallest absolute Gasteiger partial charge is 0.00126 e. The zero-order chi connectivity index (χ0) is 10.5. The summed E-state index contributed by atoms with van der Waals surface area (Å²) >= 11 is 0. The van der Waals surface area contributed by atoms with Gasteiger partial charge in [0.2, 0.25) is 0 Å². The Morgan fingerprint density at radius 3 is 2.20 bits per heavy atom. The predicted molar refractivity (Wildman–Crippen MR) is 65.9 cm³/mol. The molecule has 1 aliphatic carbocycles. The molecule has 0 aliphatic heterocycles. The Morgan fingerprint density at radius 2 is 1.60 bits per heavy atom. The maximum Gasteiger partial charge on any atom is 0.00126 e. The first-order valence-electron chi connectivity index (χ1n) is 5.76. The Hall–Kier alpha value is -1.30. The van der Waals surface area contributed by atoms with Gasteiger partial charge in [-0.2, -0.15) is 0 Å². The third kappa shape index (κ3) is 2.59. The lowest BCUT2D eigenvalue weighted by molar-refractivity contribution is 0.647. The Balaban J connectivity index is 2.16. The molecule has 0 heterocycles. The van der Waals surface area contributed by atoms with E-state index in [2.05, 4.69) is 61.6 Å². The number of hydrogen-bond acceptors (Lipinski definition) is 0. The molecule has 1 atom stereocenters. The molecule has 2 rings (SSSR count). The highest BCUT2D eigenvalue weighted by atomic mass is 14.2. The van der Waals surface area contributed by atoms with E-state index in [0.717, 1.165) is 0 Å². The summed E-state index contributed by atoms with van der Waals surface area (Å²) in [5, 5.41) is 0. The van der Waals surface area contributed by atoms with Crippen molar-refractivity contribution in [3.8, 4) is 0 Å². The minimum atomic E-state index is 0.565. The van der Waals surface area contributed by atoms with Gasteiger partial charge in [0, 0.05) is 5.92 Å². The third-order valence-electron chi connectivity index (χ3n) is 3.12. The summed E-state index contributed by atoms with van der Waals surface area (Å²) in [6.45, 7) is 2.31. The van der Waals surface area contributed by atoms with Gasteiger partial charge in [-0.1, -0.05) is 61.6 Å². The summed E-state index contributed by atoms with van der Waals surface area (Å²) in [6.07, 6.45) is 11.7. The number of hydrogen-bond donors (Lipinski definition) is 0. The molecule has 0 saturated carbocycles. The van der Waals surface area contributed by atoms with Gasteiger partial charge in [0.1, 0.15) is 0 Å². The van der Waals surface area contributed by atoms with Gasteiger partial charge in [0.05, 0.1) is 0 Å². The van der Waals surface area contributed by atoms with E-state index in [9.17, 15) is 0 Å². The molecule has 0 heteroatoms. The SMILES string of the molecule is CC(c1ccccc1)C1C=CCCC=C1. The van der Waals surface area contributed by atoms with Gasteiger partial charge < -0.3 is 0 Å². The minimum Gasteiger partial charge on any atom is -0.0876 e. The van der Waals surface area contributed by atoms with Crippen molar-refractivity contribution in [1.29, 1.82) is 0 Å². The van der Waals surface area contributed by atoms with Crippen molar-refractivity contribution < 1.29 is 0 Å². The zero-order valence-electron chi connectivity index (χ0n) is 9.27. The van der Waals surface area contributed by atoms with Crippen LogP contribution in [0.25, 0.3) is 0 Å². The van der Waals surface area contributed by atoms with Crippen LogP contribution in [0.2, 0.25) is 0 Å². The van der Waals surface area contributed by atoms with Crippen LogP contribution in [-0.4, -0.2) is 0 Å². The van der Waals surface area contributed by atoms with Crippen molar-refractivity contribution in [2.24, 2.45) is 5.92 Å². The summed E-state index contributed by atoms with van der Waals surface area (Å²) in [5.74, 6) is 1.15. The molecule has 0 spiro atoms. The summed E-state index contributed by atoms with van der Waals surface area (Å²) in [7, 11) is 0. The second-order valence-corrected chi connectivity index (χ2v) is 4.21.